The van der Waals surface area contributed by atoms with Crippen molar-refractivity contribution in [1.29, 1.82) is 0 Å². The zero-order chi connectivity index (χ0) is 19.6. The summed E-state index contributed by atoms with van der Waals surface area (Å²) in [6.45, 7) is 3.56. The highest BCUT2D eigenvalue weighted by atomic mass is 35.5. The Morgan fingerprint density at radius 1 is 1.11 bits per heavy atom. The van der Waals surface area contributed by atoms with Gasteiger partial charge < -0.3 is 10.1 Å². The molecule has 144 valence electrons. The summed E-state index contributed by atoms with van der Waals surface area (Å²) in [6.07, 6.45) is 4.59. The monoisotopic (exact) mass is 390 g/mol. The quantitative estimate of drug-likeness (QED) is 0.611. The molecule has 2 amide bonds. The number of anilines is 1. The molecule has 0 saturated heterocycles. The van der Waals surface area contributed by atoms with Crippen LogP contribution in [0.5, 0.6) is 0 Å². The van der Waals surface area contributed by atoms with Crippen LogP contribution in [0, 0.1) is 0 Å². The number of carbonyl (C=O) groups is 3. The third-order valence-electron chi connectivity index (χ3n) is 4.73. The lowest BCUT2D eigenvalue weighted by molar-refractivity contribution is -0.140. The third-order valence-corrected chi connectivity index (χ3v) is 5.08. The molecule has 0 radical (unpaired) electrons. The smallest absolute Gasteiger partial charge is 0.338 e. The molecular formula is C20H23ClN2O4. The second-order valence-corrected chi connectivity index (χ2v) is 7.50. The van der Waals surface area contributed by atoms with Crippen LogP contribution in [0.2, 0.25) is 0 Å². The van der Waals surface area contributed by atoms with E-state index in [1.165, 1.54) is 4.90 Å². The van der Waals surface area contributed by atoms with Crippen LogP contribution < -0.4 is 5.32 Å². The van der Waals surface area contributed by atoms with Crippen LogP contribution in [-0.4, -0.2) is 34.8 Å². The largest absolute Gasteiger partial charge is 0.459 e. The fraction of sp³-hybridized carbons (Fsp3) is 0.450. The van der Waals surface area contributed by atoms with Crippen molar-refractivity contribution in [3.8, 4) is 0 Å². The number of ether oxygens (including phenoxy) is 1. The Hall–Kier alpha value is -2.34. The summed E-state index contributed by atoms with van der Waals surface area (Å²) < 4.78 is 5.14. The Morgan fingerprint density at radius 3 is 2.33 bits per heavy atom. The Kier molecular flexibility index (Phi) is 5.85. The summed E-state index contributed by atoms with van der Waals surface area (Å²) >= 11 is 6.16. The Balaban J connectivity index is 1.72. The van der Waals surface area contributed by atoms with Gasteiger partial charge in [-0.3, -0.25) is 14.5 Å². The molecule has 6 nitrogen and oxygen atoms in total. The molecule has 0 atom stereocenters. The predicted molar refractivity (Wildman–Crippen MR) is 102 cm³/mol. The Labute approximate surface area is 163 Å². The first kappa shape index (κ1) is 19.4. The van der Waals surface area contributed by atoms with Gasteiger partial charge in [-0.15, -0.1) is 0 Å². The van der Waals surface area contributed by atoms with Gasteiger partial charge in [-0.25, -0.2) is 4.79 Å². The standard InChI is InChI=1S/C20H23ClN2O4/c1-12(2)27-20(26)13-8-10-14(11-9-13)22-17-16(21)18(24)23(19(17)25)15-6-4-3-5-7-15/h8-12,15,22H,3-7H2,1-2H3. The van der Waals surface area contributed by atoms with Gasteiger partial charge in [0.05, 0.1) is 11.7 Å². The summed E-state index contributed by atoms with van der Waals surface area (Å²) in [7, 11) is 0. The number of amides is 2. The van der Waals surface area contributed by atoms with E-state index >= 15 is 0 Å². The molecular weight excluding hydrogens is 368 g/mol. The van der Waals surface area contributed by atoms with E-state index in [1.54, 1.807) is 38.1 Å². The van der Waals surface area contributed by atoms with Gasteiger partial charge in [-0.1, -0.05) is 30.9 Å². The molecule has 7 heteroatoms. The highest BCUT2D eigenvalue weighted by molar-refractivity contribution is 6.48. The number of nitrogens with zero attached hydrogens (tertiary/aromatic N) is 1. The first-order chi connectivity index (χ1) is 12.9. The first-order valence-electron chi connectivity index (χ1n) is 9.24. The van der Waals surface area contributed by atoms with E-state index in [0.717, 1.165) is 32.1 Å². The van der Waals surface area contributed by atoms with Gasteiger partial charge in [-0.05, 0) is 51.0 Å². The van der Waals surface area contributed by atoms with Gasteiger partial charge >= 0.3 is 5.97 Å². The number of esters is 1. The maximum atomic E-state index is 12.8. The lowest BCUT2D eigenvalue weighted by Gasteiger charge is -2.29. The van der Waals surface area contributed by atoms with Gasteiger partial charge in [0.2, 0.25) is 0 Å². The van der Waals surface area contributed by atoms with Crippen molar-refractivity contribution >= 4 is 35.1 Å². The zero-order valence-corrected chi connectivity index (χ0v) is 16.2. The number of hydrogen-bond donors (Lipinski definition) is 1. The van der Waals surface area contributed by atoms with Crippen LogP contribution in [0.1, 0.15) is 56.3 Å². The summed E-state index contributed by atoms with van der Waals surface area (Å²) in [5.41, 5.74) is 1.06. The Bertz CT molecular complexity index is 780. The predicted octanol–water partition coefficient (Wildman–Crippen LogP) is 3.82. The molecule has 1 aromatic rings. The third kappa shape index (κ3) is 4.16. The highest BCUT2D eigenvalue weighted by Gasteiger charge is 2.42. The molecule has 1 aliphatic heterocycles. The summed E-state index contributed by atoms with van der Waals surface area (Å²) in [4.78, 5) is 38.4. The SMILES string of the molecule is CC(C)OC(=O)c1ccc(NC2=C(Cl)C(=O)N(C3CCCCC3)C2=O)cc1. The number of imide groups is 1. The maximum absolute atomic E-state index is 12.8. The molecule has 0 unspecified atom stereocenters. The molecule has 0 spiro atoms. The van der Waals surface area contributed by atoms with E-state index in [1.807, 2.05) is 0 Å². The molecule has 1 heterocycles. The van der Waals surface area contributed by atoms with E-state index in [2.05, 4.69) is 5.32 Å². The van der Waals surface area contributed by atoms with Crippen LogP contribution in [0.25, 0.3) is 0 Å². The number of hydrogen-bond acceptors (Lipinski definition) is 5. The van der Waals surface area contributed by atoms with Crippen LogP contribution >= 0.6 is 11.6 Å². The molecule has 1 aromatic carbocycles. The summed E-state index contributed by atoms with van der Waals surface area (Å²) in [6, 6.07) is 6.41. The van der Waals surface area contributed by atoms with Crippen LogP contribution in [0.4, 0.5) is 5.69 Å². The minimum absolute atomic E-state index is 0.0834. The molecule has 1 N–H and O–H groups in total. The second-order valence-electron chi connectivity index (χ2n) is 7.12. The van der Waals surface area contributed by atoms with Gasteiger partial charge in [0.15, 0.2) is 0 Å². The molecule has 2 aliphatic rings. The normalized spacial score (nSPS) is 18.4. The van der Waals surface area contributed by atoms with E-state index in [9.17, 15) is 14.4 Å². The summed E-state index contributed by atoms with van der Waals surface area (Å²) in [5.74, 6) is -1.24. The lowest BCUT2D eigenvalue weighted by Crippen LogP contribution is -2.42. The van der Waals surface area contributed by atoms with Gasteiger partial charge in [-0.2, -0.15) is 0 Å². The Morgan fingerprint density at radius 2 is 1.74 bits per heavy atom. The number of halogens is 1. The van der Waals surface area contributed by atoms with Crippen molar-refractivity contribution in [3.05, 3.63) is 40.6 Å². The van der Waals surface area contributed by atoms with Crippen LogP contribution in [0.3, 0.4) is 0 Å². The zero-order valence-electron chi connectivity index (χ0n) is 15.5. The van der Waals surface area contributed by atoms with E-state index in [-0.39, 0.29) is 28.8 Å². The van der Waals surface area contributed by atoms with Crippen LogP contribution in [-0.2, 0) is 14.3 Å². The van der Waals surface area contributed by atoms with Gasteiger partial charge in [0.25, 0.3) is 11.8 Å². The fourth-order valence-electron chi connectivity index (χ4n) is 3.41. The van der Waals surface area contributed by atoms with Crippen molar-refractivity contribution < 1.29 is 19.1 Å². The van der Waals surface area contributed by atoms with Crippen molar-refractivity contribution in [3.63, 3.8) is 0 Å². The average molecular weight is 391 g/mol. The molecule has 3 rings (SSSR count). The molecule has 0 aromatic heterocycles. The van der Waals surface area contributed by atoms with Crippen molar-refractivity contribution in [2.45, 2.75) is 58.1 Å². The van der Waals surface area contributed by atoms with Crippen molar-refractivity contribution in [1.82, 2.24) is 4.90 Å². The molecule has 1 fully saturated rings. The lowest BCUT2D eigenvalue weighted by atomic mass is 9.94. The number of rotatable bonds is 5. The minimum Gasteiger partial charge on any atom is -0.459 e. The van der Waals surface area contributed by atoms with Crippen molar-refractivity contribution in [2.75, 3.05) is 5.32 Å². The number of carbonyl (C=O) groups excluding carboxylic acids is 3. The molecule has 1 saturated carbocycles. The molecule has 27 heavy (non-hydrogen) atoms. The van der Waals surface area contributed by atoms with Gasteiger partial charge in [0, 0.05) is 11.7 Å². The molecule has 0 bridgehead atoms. The second kappa shape index (κ2) is 8.13. The van der Waals surface area contributed by atoms with E-state index in [0.29, 0.717) is 11.3 Å². The fourth-order valence-corrected chi connectivity index (χ4v) is 3.63. The molecule has 1 aliphatic carbocycles. The van der Waals surface area contributed by atoms with E-state index < -0.39 is 11.9 Å². The van der Waals surface area contributed by atoms with Crippen molar-refractivity contribution in [2.24, 2.45) is 0 Å². The maximum Gasteiger partial charge on any atom is 0.338 e. The topological polar surface area (TPSA) is 75.7 Å². The van der Waals surface area contributed by atoms with E-state index in [4.69, 9.17) is 16.3 Å². The summed E-state index contributed by atoms with van der Waals surface area (Å²) in [5, 5.41) is 2.84. The first-order valence-corrected chi connectivity index (χ1v) is 9.62. The van der Waals surface area contributed by atoms with Crippen LogP contribution in [0.15, 0.2) is 35.0 Å². The number of nitrogens with one attached hydrogen (secondary N) is 1. The minimum atomic E-state index is -0.437. The highest BCUT2D eigenvalue weighted by Crippen LogP contribution is 2.32. The average Bonchev–Trinajstić information content (AvgIpc) is 2.86. The number of benzene rings is 1. The van der Waals surface area contributed by atoms with Gasteiger partial charge in [0.1, 0.15) is 10.7 Å².